The predicted octanol–water partition coefficient (Wildman–Crippen LogP) is 2.86. The fraction of sp³-hybridized carbons (Fsp3) is 0.562. The highest BCUT2D eigenvalue weighted by atomic mass is 16.5. The van der Waals surface area contributed by atoms with Crippen molar-refractivity contribution in [1.29, 1.82) is 0 Å². The number of nitrogens with zero attached hydrogens (tertiary/aromatic N) is 1. The topological polar surface area (TPSA) is 29.5 Å². The molecule has 3 nitrogen and oxygen atoms in total. The van der Waals surface area contributed by atoms with E-state index in [0.717, 1.165) is 31.7 Å². The van der Waals surface area contributed by atoms with E-state index in [0.29, 0.717) is 12.5 Å². The summed E-state index contributed by atoms with van der Waals surface area (Å²) in [4.78, 5) is 14.7. The molecule has 1 aliphatic carbocycles. The van der Waals surface area contributed by atoms with Gasteiger partial charge in [-0.3, -0.25) is 4.79 Å². The van der Waals surface area contributed by atoms with E-state index in [9.17, 15) is 4.79 Å². The summed E-state index contributed by atoms with van der Waals surface area (Å²) in [6.07, 6.45) is 4.49. The summed E-state index contributed by atoms with van der Waals surface area (Å²) >= 11 is 0. The molecule has 1 saturated heterocycles. The van der Waals surface area contributed by atoms with E-state index in [2.05, 4.69) is 0 Å². The van der Waals surface area contributed by atoms with Gasteiger partial charge >= 0.3 is 0 Å². The van der Waals surface area contributed by atoms with Crippen molar-refractivity contribution < 1.29 is 9.53 Å². The Morgan fingerprint density at radius 1 is 1.21 bits per heavy atom. The molecule has 19 heavy (non-hydrogen) atoms. The minimum atomic E-state index is 0.0488. The Morgan fingerprint density at radius 2 is 2.00 bits per heavy atom. The molecule has 0 unspecified atom stereocenters. The quantitative estimate of drug-likeness (QED) is 0.832. The number of hydrogen-bond donors (Lipinski definition) is 0. The van der Waals surface area contributed by atoms with Crippen molar-refractivity contribution in [3.63, 3.8) is 0 Å². The Hall–Kier alpha value is -1.35. The Morgan fingerprint density at radius 3 is 2.63 bits per heavy atom. The van der Waals surface area contributed by atoms with Crippen LogP contribution in [0.2, 0.25) is 0 Å². The molecule has 1 saturated carbocycles. The summed E-state index contributed by atoms with van der Waals surface area (Å²) in [6, 6.07) is 10.1. The molecule has 2 aliphatic rings. The van der Waals surface area contributed by atoms with Crippen LogP contribution in [0.4, 0.5) is 5.69 Å². The Bertz CT molecular complexity index is 422. The molecule has 1 atom stereocenters. The van der Waals surface area contributed by atoms with Crippen LogP contribution < -0.4 is 4.90 Å². The lowest BCUT2D eigenvalue weighted by Gasteiger charge is -2.29. The van der Waals surface area contributed by atoms with Crippen LogP contribution in [0.1, 0.15) is 25.7 Å². The van der Waals surface area contributed by atoms with E-state index in [1.807, 2.05) is 35.2 Å². The number of para-hydroxylation sites is 1. The van der Waals surface area contributed by atoms with Crippen LogP contribution >= 0.6 is 0 Å². The van der Waals surface area contributed by atoms with Crippen LogP contribution in [0.3, 0.4) is 0 Å². The van der Waals surface area contributed by atoms with Gasteiger partial charge in [-0.1, -0.05) is 18.2 Å². The van der Waals surface area contributed by atoms with Crippen molar-refractivity contribution in [2.45, 2.75) is 25.7 Å². The minimum Gasteiger partial charge on any atom is -0.381 e. The average molecular weight is 259 g/mol. The lowest BCUT2D eigenvalue weighted by atomic mass is 10.00. The van der Waals surface area contributed by atoms with Gasteiger partial charge in [-0.15, -0.1) is 0 Å². The first kappa shape index (κ1) is 12.7. The molecule has 0 spiro atoms. The minimum absolute atomic E-state index is 0.0488. The first-order valence-corrected chi connectivity index (χ1v) is 7.29. The summed E-state index contributed by atoms with van der Waals surface area (Å²) in [6.45, 7) is 2.27. The highest BCUT2D eigenvalue weighted by Gasteiger charge is 2.32. The van der Waals surface area contributed by atoms with Crippen molar-refractivity contribution >= 4 is 11.6 Å². The fourth-order valence-corrected chi connectivity index (χ4v) is 2.65. The third-order valence-corrected chi connectivity index (χ3v) is 3.98. The number of hydrogen-bond acceptors (Lipinski definition) is 2. The van der Waals surface area contributed by atoms with E-state index < -0.39 is 0 Å². The molecule has 102 valence electrons. The number of benzene rings is 1. The summed E-state index contributed by atoms with van der Waals surface area (Å²) < 4.78 is 5.46. The second kappa shape index (κ2) is 5.74. The van der Waals surface area contributed by atoms with Crippen molar-refractivity contribution in [1.82, 2.24) is 0 Å². The van der Waals surface area contributed by atoms with Crippen LogP contribution in [0.5, 0.6) is 0 Å². The molecule has 1 aromatic rings. The zero-order chi connectivity index (χ0) is 13.1. The molecular weight excluding hydrogens is 238 g/mol. The largest absolute Gasteiger partial charge is 0.381 e. The molecule has 1 aliphatic heterocycles. The summed E-state index contributed by atoms with van der Waals surface area (Å²) in [7, 11) is 0. The normalized spacial score (nSPS) is 23.1. The van der Waals surface area contributed by atoms with Crippen LogP contribution in [0.25, 0.3) is 0 Å². The monoisotopic (exact) mass is 259 g/mol. The van der Waals surface area contributed by atoms with E-state index in [1.54, 1.807) is 0 Å². The predicted molar refractivity (Wildman–Crippen MR) is 75.1 cm³/mol. The van der Waals surface area contributed by atoms with Crippen LogP contribution in [-0.4, -0.2) is 25.7 Å². The van der Waals surface area contributed by atoms with E-state index in [1.165, 1.54) is 12.8 Å². The Balaban J connectivity index is 1.75. The number of amides is 1. The third kappa shape index (κ3) is 3.16. The molecule has 1 amide bonds. The summed E-state index contributed by atoms with van der Waals surface area (Å²) in [5.41, 5.74) is 1.03. The first-order valence-electron chi connectivity index (χ1n) is 7.29. The van der Waals surface area contributed by atoms with Gasteiger partial charge in [0.05, 0.1) is 12.5 Å². The molecule has 0 bridgehead atoms. The van der Waals surface area contributed by atoms with Gasteiger partial charge in [0.1, 0.15) is 0 Å². The standard InChI is InChI=1S/C16H21NO2/c18-16(14-5-4-10-19-12-14)17(11-13-8-9-13)15-6-2-1-3-7-15/h1-3,6-7,13-14H,4-5,8-12H2/t14-/m0/s1. The Kier molecular flexibility index (Phi) is 3.83. The van der Waals surface area contributed by atoms with Gasteiger partial charge in [0.25, 0.3) is 0 Å². The molecule has 0 radical (unpaired) electrons. The van der Waals surface area contributed by atoms with Gasteiger partial charge in [0, 0.05) is 18.8 Å². The van der Waals surface area contributed by atoms with Crippen LogP contribution in [-0.2, 0) is 9.53 Å². The van der Waals surface area contributed by atoms with Gasteiger partial charge in [0.2, 0.25) is 5.91 Å². The molecule has 0 aromatic heterocycles. The molecule has 1 aromatic carbocycles. The van der Waals surface area contributed by atoms with Crippen molar-refractivity contribution in [3.8, 4) is 0 Å². The van der Waals surface area contributed by atoms with Crippen molar-refractivity contribution in [2.75, 3.05) is 24.7 Å². The lowest BCUT2D eigenvalue weighted by molar-refractivity contribution is -0.126. The lowest BCUT2D eigenvalue weighted by Crippen LogP contribution is -2.40. The second-order valence-electron chi connectivity index (χ2n) is 5.64. The molecular formula is C16H21NO2. The molecule has 1 heterocycles. The van der Waals surface area contributed by atoms with Gasteiger partial charge in [-0.2, -0.15) is 0 Å². The van der Waals surface area contributed by atoms with Gasteiger partial charge in [-0.25, -0.2) is 0 Å². The van der Waals surface area contributed by atoms with E-state index in [-0.39, 0.29) is 11.8 Å². The smallest absolute Gasteiger partial charge is 0.232 e. The molecule has 3 rings (SSSR count). The molecule has 2 fully saturated rings. The highest BCUT2D eigenvalue weighted by molar-refractivity contribution is 5.95. The van der Waals surface area contributed by atoms with Gasteiger partial charge < -0.3 is 9.64 Å². The highest BCUT2D eigenvalue weighted by Crippen LogP contribution is 2.32. The maximum atomic E-state index is 12.7. The summed E-state index contributed by atoms with van der Waals surface area (Å²) in [5, 5.41) is 0. The zero-order valence-electron chi connectivity index (χ0n) is 11.3. The maximum Gasteiger partial charge on any atom is 0.232 e. The molecule has 3 heteroatoms. The van der Waals surface area contributed by atoms with E-state index >= 15 is 0 Å². The van der Waals surface area contributed by atoms with Crippen molar-refractivity contribution in [3.05, 3.63) is 30.3 Å². The van der Waals surface area contributed by atoms with Gasteiger partial charge in [-0.05, 0) is 43.7 Å². The Labute approximate surface area is 114 Å². The maximum absolute atomic E-state index is 12.7. The number of rotatable bonds is 4. The first-order chi connectivity index (χ1) is 9.34. The SMILES string of the molecule is O=C([C@H]1CCCOC1)N(CC1CC1)c1ccccc1. The second-order valence-corrected chi connectivity index (χ2v) is 5.64. The third-order valence-electron chi connectivity index (χ3n) is 3.98. The number of carbonyl (C=O) groups is 1. The number of anilines is 1. The van der Waals surface area contributed by atoms with Crippen LogP contribution in [0, 0.1) is 11.8 Å². The van der Waals surface area contributed by atoms with Crippen molar-refractivity contribution in [2.24, 2.45) is 11.8 Å². The molecule has 0 N–H and O–H groups in total. The van der Waals surface area contributed by atoms with E-state index in [4.69, 9.17) is 4.74 Å². The average Bonchev–Trinajstić information content (AvgIpc) is 3.30. The number of carbonyl (C=O) groups excluding carboxylic acids is 1. The zero-order valence-corrected chi connectivity index (χ0v) is 11.3. The van der Waals surface area contributed by atoms with Gasteiger partial charge in [0.15, 0.2) is 0 Å². The number of ether oxygens (including phenoxy) is 1. The van der Waals surface area contributed by atoms with Crippen LogP contribution in [0.15, 0.2) is 30.3 Å². The summed E-state index contributed by atoms with van der Waals surface area (Å²) in [5.74, 6) is 0.999. The fourth-order valence-electron chi connectivity index (χ4n) is 2.65.